The Morgan fingerprint density at radius 1 is 1.04 bits per heavy atom. The molecular weight excluding hydrogens is 652 g/mol. The molecule has 1 saturated carbocycles. The van der Waals surface area contributed by atoms with Gasteiger partial charge in [0.2, 0.25) is 0 Å². The lowest BCUT2D eigenvalue weighted by Crippen LogP contribution is -2.36. The zero-order valence-corrected chi connectivity index (χ0v) is 26.3. The number of carbonyl (C=O) groups is 2. The summed E-state index contributed by atoms with van der Waals surface area (Å²) in [5.74, 6) is 0.0560. The highest BCUT2D eigenvalue weighted by molar-refractivity contribution is 7.13. The first-order valence-electron chi connectivity index (χ1n) is 15.1. The number of anilines is 1. The highest BCUT2D eigenvalue weighted by atomic mass is 32.1. The van der Waals surface area contributed by atoms with Gasteiger partial charge < -0.3 is 14.7 Å². The van der Waals surface area contributed by atoms with E-state index < -0.39 is 53.3 Å². The number of nitrogens with zero attached hydrogens (tertiary/aromatic N) is 5. The van der Waals surface area contributed by atoms with E-state index in [0.717, 1.165) is 25.7 Å². The second-order valence-corrected chi connectivity index (χ2v) is 12.8. The van der Waals surface area contributed by atoms with Gasteiger partial charge in [-0.3, -0.25) is 9.69 Å². The number of alkyl halides is 6. The van der Waals surface area contributed by atoms with E-state index in [9.17, 15) is 35.9 Å². The van der Waals surface area contributed by atoms with Gasteiger partial charge >= 0.3 is 24.4 Å². The van der Waals surface area contributed by atoms with Crippen LogP contribution in [0.2, 0.25) is 0 Å². The number of ether oxygens (including phenoxy) is 1. The second-order valence-electron chi connectivity index (χ2n) is 11.9. The molecule has 0 radical (unpaired) electrons. The lowest BCUT2D eigenvalue weighted by Gasteiger charge is -2.33. The Morgan fingerprint density at radius 3 is 2.23 bits per heavy atom. The van der Waals surface area contributed by atoms with Gasteiger partial charge in [-0.25, -0.2) is 19.7 Å². The minimum absolute atomic E-state index is 0.0344. The molecule has 3 aromatic rings. The molecule has 0 spiro atoms. The maximum Gasteiger partial charge on any atom is 0.416 e. The van der Waals surface area contributed by atoms with Crippen molar-refractivity contribution in [1.82, 2.24) is 19.9 Å². The van der Waals surface area contributed by atoms with Crippen LogP contribution in [0.1, 0.15) is 74.4 Å². The summed E-state index contributed by atoms with van der Waals surface area (Å²) in [4.78, 5) is 41.3. The summed E-state index contributed by atoms with van der Waals surface area (Å²) < 4.78 is 86.8. The van der Waals surface area contributed by atoms with Crippen LogP contribution in [0.3, 0.4) is 0 Å². The van der Waals surface area contributed by atoms with Crippen LogP contribution in [0.5, 0.6) is 0 Å². The number of amides is 1. The number of halogens is 6. The third kappa shape index (κ3) is 7.96. The third-order valence-corrected chi connectivity index (χ3v) is 9.51. The number of hydrogen-bond donors (Lipinski definition) is 1. The molecule has 1 aliphatic carbocycles. The van der Waals surface area contributed by atoms with Crippen LogP contribution in [0.25, 0.3) is 10.7 Å². The summed E-state index contributed by atoms with van der Waals surface area (Å²) in [6.07, 6.45) is -5.87. The molecule has 1 amide bonds. The van der Waals surface area contributed by atoms with Crippen LogP contribution in [-0.2, 0) is 28.4 Å². The van der Waals surface area contributed by atoms with E-state index in [-0.39, 0.29) is 30.9 Å². The molecule has 47 heavy (non-hydrogen) atoms. The van der Waals surface area contributed by atoms with Gasteiger partial charge in [0.15, 0.2) is 5.82 Å². The number of thiazole rings is 1. The number of aliphatic carboxylic acids is 1. The summed E-state index contributed by atoms with van der Waals surface area (Å²) in [7, 11) is 0. The largest absolute Gasteiger partial charge is 0.481 e. The van der Waals surface area contributed by atoms with E-state index in [1.54, 1.807) is 17.8 Å². The number of aromatic nitrogens is 3. The quantitative estimate of drug-likeness (QED) is 0.215. The van der Waals surface area contributed by atoms with Crippen LogP contribution in [0.15, 0.2) is 36.0 Å². The first-order valence-corrected chi connectivity index (χ1v) is 16.0. The number of hydrogen-bond acceptors (Lipinski definition) is 8. The maximum atomic E-state index is 13.6. The van der Waals surface area contributed by atoms with Gasteiger partial charge in [0.1, 0.15) is 22.5 Å². The van der Waals surface area contributed by atoms with Crippen molar-refractivity contribution in [2.24, 2.45) is 11.8 Å². The smallest absolute Gasteiger partial charge is 0.416 e. The lowest BCUT2D eigenvalue weighted by molar-refractivity contribution is -0.143. The summed E-state index contributed by atoms with van der Waals surface area (Å²) in [6, 6.07) is 0.230. The van der Waals surface area contributed by atoms with E-state index in [0.29, 0.717) is 47.4 Å². The van der Waals surface area contributed by atoms with Crippen molar-refractivity contribution >= 4 is 29.2 Å². The molecule has 2 atom stereocenters. The van der Waals surface area contributed by atoms with E-state index in [2.05, 4.69) is 4.98 Å². The Bertz CT molecular complexity index is 1550. The summed E-state index contributed by atoms with van der Waals surface area (Å²) >= 11 is 1.33. The second kappa shape index (κ2) is 13.6. The van der Waals surface area contributed by atoms with Crippen molar-refractivity contribution in [3.63, 3.8) is 0 Å². The average molecular weight is 686 g/mol. The van der Waals surface area contributed by atoms with Crippen molar-refractivity contribution in [2.75, 3.05) is 18.0 Å². The zero-order valence-electron chi connectivity index (χ0n) is 25.5. The highest BCUT2D eigenvalue weighted by Crippen LogP contribution is 2.41. The Hall–Kier alpha value is -3.95. The number of cyclic esters (lactones) is 1. The number of carboxylic acids is 1. The van der Waals surface area contributed by atoms with Gasteiger partial charge in [0.25, 0.3) is 0 Å². The molecule has 2 aromatic heterocycles. The molecule has 5 rings (SSSR count). The molecule has 2 fully saturated rings. The van der Waals surface area contributed by atoms with Gasteiger partial charge in [-0.15, -0.1) is 11.3 Å². The fourth-order valence-corrected chi connectivity index (χ4v) is 6.84. The van der Waals surface area contributed by atoms with Gasteiger partial charge in [-0.2, -0.15) is 26.3 Å². The molecule has 16 heteroatoms. The Balaban J connectivity index is 1.43. The number of carboxylic acid groups (broad SMARTS) is 1. The standard InChI is InChI=1S/C31H33F6N5O4S/c1-3-41(15-19-6-4-18(5-7-19)10-25(43)44)27-24(40-23(14-39-27)28-38-8-9-47-28)16-42-17(2)26(46-29(42)45)20-11-21(30(32,33)34)13-22(12-20)31(35,36)37/h8-9,11-14,17-19,26H,3-7,10,15-16H2,1-2H3,(H,43,44)/t17-,18-,19-,26?/m0/s1. The number of rotatable bonds is 10. The number of benzene rings is 1. The molecule has 254 valence electrons. The van der Waals surface area contributed by atoms with Crippen molar-refractivity contribution < 1.29 is 45.8 Å². The topological polar surface area (TPSA) is 109 Å². The predicted octanol–water partition coefficient (Wildman–Crippen LogP) is 7.83. The zero-order chi connectivity index (χ0) is 34.1. The summed E-state index contributed by atoms with van der Waals surface area (Å²) in [5, 5.41) is 11.5. The van der Waals surface area contributed by atoms with Crippen molar-refractivity contribution in [3.8, 4) is 10.7 Å². The normalized spacial score (nSPS) is 22.0. The van der Waals surface area contributed by atoms with Crippen LogP contribution in [-0.4, -0.2) is 56.2 Å². The average Bonchev–Trinajstić information content (AvgIpc) is 3.64. The molecule has 1 N–H and O–H groups in total. The van der Waals surface area contributed by atoms with Crippen molar-refractivity contribution in [3.05, 3.63) is 58.4 Å². The molecule has 2 aliphatic rings. The van der Waals surface area contributed by atoms with Crippen molar-refractivity contribution in [2.45, 2.75) is 77.0 Å². The highest BCUT2D eigenvalue weighted by Gasteiger charge is 2.44. The maximum absolute atomic E-state index is 13.6. The fraction of sp³-hybridized carbons (Fsp3) is 0.516. The monoisotopic (exact) mass is 685 g/mol. The fourth-order valence-electron chi connectivity index (χ4n) is 6.25. The van der Waals surface area contributed by atoms with Crippen LogP contribution in [0, 0.1) is 11.8 Å². The third-order valence-electron chi connectivity index (χ3n) is 8.71. The molecule has 1 unspecified atom stereocenters. The lowest BCUT2D eigenvalue weighted by atomic mass is 9.80. The SMILES string of the molecule is CCN(C[C@H]1CC[C@H](CC(=O)O)CC1)c1ncc(-c2nccs2)nc1CN1C(=O)OC(c2cc(C(F)(F)F)cc(C(F)(F)F)c2)[C@@H]1C. The van der Waals surface area contributed by atoms with E-state index in [1.807, 2.05) is 11.8 Å². The Labute approximate surface area is 270 Å². The van der Waals surface area contributed by atoms with Crippen molar-refractivity contribution in [1.29, 1.82) is 0 Å². The summed E-state index contributed by atoms with van der Waals surface area (Å²) in [5.41, 5.74) is -2.61. The molecule has 0 bridgehead atoms. The van der Waals surface area contributed by atoms with Gasteiger partial charge in [0.05, 0.1) is 29.9 Å². The van der Waals surface area contributed by atoms with Gasteiger partial charge in [-0.1, -0.05) is 0 Å². The van der Waals surface area contributed by atoms with E-state index in [1.165, 1.54) is 23.2 Å². The van der Waals surface area contributed by atoms with Gasteiger partial charge in [-0.05, 0) is 75.1 Å². The molecule has 9 nitrogen and oxygen atoms in total. The Morgan fingerprint density at radius 2 is 1.68 bits per heavy atom. The molecule has 1 aliphatic heterocycles. The first kappa shape index (κ1) is 34.4. The number of carbonyl (C=O) groups excluding carboxylic acids is 1. The first-order chi connectivity index (χ1) is 22.1. The molecule has 3 heterocycles. The van der Waals surface area contributed by atoms with Crippen LogP contribution in [0.4, 0.5) is 37.0 Å². The van der Waals surface area contributed by atoms with E-state index >= 15 is 0 Å². The Kier molecular flexibility index (Phi) is 9.99. The van der Waals surface area contributed by atoms with Crippen LogP contribution >= 0.6 is 11.3 Å². The summed E-state index contributed by atoms with van der Waals surface area (Å²) in [6.45, 7) is 4.38. The predicted molar refractivity (Wildman–Crippen MR) is 159 cm³/mol. The molecule has 1 saturated heterocycles. The minimum atomic E-state index is -5.05. The minimum Gasteiger partial charge on any atom is -0.481 e. The van der Waals surface area contributed by atoms with Gasteiger partial charge in [0, 0.05) is 31.1 Å². The van der Waals surface area contributed by atoms with Crippen LogP contribution < -0.4 is 4.90 Å². The molecular formula is C31H33F6N5O4S. The van der Waals surface area contributed by atoms with E-state index in [4.69, 9.17) is 19.8 Å². The molecule has 1 aromatic carbocycles.